The number of nitrogens with two attached hydrogens (primary N) is 1. The quantitative estimate of drug-likeness (QED) is 0.656. The molecular weight excluding hydrogens is 331 g/mol. The predicted molar refractivity (Wildman–Crippen MR) is 80.0 cm³/mol. The first-order valence-electron chi connectivity index (χ1n) is 4.97. The van der Waals surface area contributed by atoms with E-state index in [2.05, 4.69) is 51.7 Å². The maximum atomic E-state index is 5.93. The monoisotopic (exact) mass is 344 g/mol. The standard InChI is InChI=1S/C12H13IN2S/c1-8-6-16-7-9(8)5-15-12-3-2-10(13)4-11(12)14/h2-4,6-7,15H,5,14H2,1H3. The number of aryl methyl sites for hydroxylation is 1. The van der Waals surface area contributed by atoms with Gasteiger partial charge in [-0.3, -0.25) is 0 Å². The van der Waals surface area contributed by atoms with Gasteiger partial charge in [0.05, 0.1) is 11.4 Å². The average Bonchev–Trinajstić information content (AvgIpc) is 2.63. The number of benzene rings is 1. The molecule has 0 bridgehead atoms. The third-order valence-electron chi connectivity index (χ3n) is 2.44. The molecule has 1 heterocycles. The lowest BCUT2D eigenvalue weighted by atomic mass is 10.2. The van der Waals surface area contributed by atoms with Gasteiger partial charge in [0.2, 0.25) is 0 Å². The molecule has 2 rings (SSSR count). The summed E-state index contributed by atoms with van der Waals surface area (Å²) in [6.45, 7) is 2.96. The summed E-state index contributed by atoms with van der Waals surface area (Å²) in [5.41, 5.74) is 10.4. The van der Waals surface area contributed by atoms with Crippen molar-refractivity contribution in [3.8, 4) is 0 Å². The van der Waals surface area contributed by atoms with E-state index in [4.69, 9.17) is 5.73 Å². The van der Waals surface area contributed by atoms with E-state index in [1.165, 1.54) is 11.1 Å². The molecule has 0 unspecified atom stereocenters. The fourth-order valence-corrected chi connectivity index (χ4v) is 2.83. The van der Waals surface area contributed by atoms with Crippen LogP contribution in [0.3, 0.4) is 0 Å². The highest BCUT2D eigenvalue weighted by Crippen LogP contribution is 2.22. The van der Waals surface area contributed by atoms with Crippen molar-refractivity contribution < 1.29 is 0 Å². The summed E-state index contributed by atoms with van der Waals surface area (Å²) < 4.78 is 1.16. The van der Waals surface area contributed by atoms with Crippen molar-refractivity contribution >= 4 is 45.3 Å². The molecule has 1 aromatic carbocycles. The Hall–Kier alpha value is -0.750. The van der Waals surface area contributed by atoms with E-state index >= 15 is 0 Å². The molecule has 0 aliphatic rings. The number of thiophene rings is 1. The Labute approximate surface area is 113 Å². The van der Waals surface area contributed by atoms with Crippen LogP contribution in [0, 0.1) is 10.5 Å². The summed E-state index contributed by atoms with van der Waals surface area (Å²) in [5.74, 6) is 0. The highest BCUT2D eigenvalue weighted by molar-refractivity contribution is 14.1. The Morgan fingerprint density at radius 3 is 2.81 bits per heavy atom. The SMILES string of the molecule is Cc1cscc1CNc1ccc(I)cc1N. The van der Waals surface area contributed by atoms with Crippen LogP contribution in [0.2, 0.25) is 0 Å². The summed E-state index contributed by atoms with van der Waals surface area (Å²) >= 11 is 4.00. The maximum Gasteiger partial charge on any atom is 0.0577 e. The Morgan fingerprint density at radius 2 is 2.19 bits per heavy atom. The molecule has 3 N–H and O–H groups in total. The highest BCUT2D eigenvalue weighted by Gasteiger charge is 2.02. The van der Waals surface area contributed by atoms with Crippen LogP contribution < -0.4 is 11.1 Å². The molecule has 84 valence electrons. The Bertz CT molecular complexity index is 494. The summed E-state index contributed by atoms with van der Waals surface area (Å²) in [6.07, 6.45) is 0. The average molecular weight is 344 g/mol. The van der Waals surface area contributed by atoms with E-state index in [0.29, 0.717) is 0 Å². The minimum atomic E-state index is 0.805. The zero-order chi connectivity index (χ0) is 11.5. The van der Waals surface area contributed by atoms with Gasteiger partial charge in [-0.15, -0.1) is 0 Å². The van der Waals surface area contributed by atoms with Crippen LogP contribution in [0.25, 0.3) is 0 Å². The number of rotatable bonds is 3. The molecule has 0 saturated carbocycles. The topological polar surface area (TPSA) is 38.0 Å². The third-order valence-corrected chi connectivity index (χ3v) is 4.03. The fourth-order valence-electron chi connectivity index (χ4n) is 1.45. The number of nitrogen functional groups attached to an aromatic ring is 1. The first-order chi connectivity index (χ1) is 7.66. The third kappa shape index (κ3) is 2.68. The molecular formula is C12H13IN2S. The predicted octanol–water partition coefficient (Wildman–Crippen LogP) is 3.86. The molecule has 2 nitrogen and oxygen atoms in total. The fraction of sp³-hybridized carbons (Fsp3) is 0.167. The summed E-state index contributed by atoms with van der Waals surface area (Å²) in [7, 11) is 0. The summed E-state index contributed by atoms with van der Waals surface area (Å²) in [4.78, 5) is 0. The van der Waals surface area contributed by atoms with Crippen LogP contribution in [0.5, 0.6) is 0 Å². The van der Waals surface area contributed by atoms with Gasteiger partial charge in [0.25, 0.3) is 0 Å². The van der Waals surface area contributed by atoms with Crippen LogP contribution in [0.1, 0.15) is 11.1 Å². The van der Waals surface area contributed by atoms with Gasteiger partial charge >= 0.3 is 0 Å². The lowest BCUT2D eigenvalue weighted by Crippen LogP contribution is -2.02. The second-order valence-electron chi connectivity index (χ2n) is 3.67. The second-order valence-corrected chi connectivity index (χ2v) is 5.65. The van der Waals surface area contributed by atoms with E-state index in [0.717, 1.165) is 21.5 Å². The molecule has 2 aromatic rings. The van der Waals surface area contributed by atoms with E-state index in [-0.39, 0.29) is 0 Å². The minimum Gasteiger partial charge on any atom is -0.397 e. The molecule has 0 aliphatic carbocycles. The number of halogens is 1. The second kappa shape index (κ2) is 5.05. The molecule has 0 saturated heterocycles. The molecule has 0 atom stereocenters. The summed E-state index contributed by atoms with van der Waals surface area (Å²) in [5, 5.41) is 7.69. The van der Waals surface area contributed by atoms with E-state index < -0.39 is 0 Å². The van der Waals surface area contributed by atoms with E-state index in [1.807, 2.05) is 12.1 Å². The highest BCUT2D eigenvalue weighted by atomic mass is 127. The van der Waals surface area contributed by atoms with Gasteiger partial charge in [-0.1, -0.05) is 0 Å². The van der Waals surface area contributed by atoms with Gasteiger partial charge in [0.15, 0.2) is 0 Å². The first-order valence-corrected chi connectivity index (χ1v) is 6.99. The van der Waals surface area contributed by atoms with Gasteiger partial charge in [0.1, 0.15) is 0 Å². The molecule has 0 aliphatic heterocycles. The number of hydrogen-bond acceptors (Lipinski definition) is 3. The van der Waals surface area contributed by atoms with Crippen LogP contribution in [-0.4, -0.2) is 0 Å². The zero-order valence-electron chi connectivity index (χ0n) is 8.96. The minimum absolute atomic E-state index is 0.805. The molecule has 0 radical (unpaired) electrons. The van der Waals surface area contributed by atoms with Crippen LogP contribution >= 0.6 is 33.9 Å². The lowest BCUT2D eigenvalue weighted by molar-refractivity contribution is 1.14. The van der Waals surface area contributed by atoms with Crippen molar-refractivity contribution in [3.05, 3.63) is 43.7 Å². The number of hydrogen-bond donors (Lipinski definition) is 2. The van der Waals surface area contributed by atoms with Crippen LogP contribution in [0.4, 0.5) is 11.4 Å². The Kier molecular flexibility index (Phi) is 3.70. The van der Waals surface area contributed by atoms with Gasteiger partial charge in [-0.05, 0) is 69.6 Å². The van der Waals surface area contributed by atoms with Gasteiger partial charge < -0.3 is 11.1 Å². The zero-order valence-corrected chi connectivity index (χ0v) is 11.9. The van der Waals surface area contributed by atoms with Crippen LogP contribution in [-0.2, 0) is 6.54 Å². The Balaban J connectivity index is 2.08. The lowest BCUT2D eigenvalue weighted by Gasteiger charge is -2.09. The first kappa shape index (κ1) is 11.7. The number of anilines is 2. The molecule has 16 heavy (non-hydrogen) atoms. The van der Waals surface area contributed by atoms with Crippen molar-refractivity contribution in [2.45, 2.75) is 13.5 Å². The maximum absolute atomic E-state index is 5.93. The summed E-state index contributed by atoms with van der Waals surface area (Å²) in [6, 6.07) is 6.06. The van der Waals surface area contributed by atoms with Crippen molar-refractivity contribution in [3.63, 3.8) is 0 Å². The number of nitrogens with one attached hydrogen (secondary N) is 1. The normalized spacial score (nSPS) is 10.4. The van der Waals surface area contributed by atoms with Crippen molar-refractivity contribution in [1.82, 2.24) is 0 Å². The van der Waals surface area contributed by atoms with Gasteiger partial charge in [-0.2, -0.15) is 11.3 Å². The van der Waals surface area contributed by atoms with Gasteiger partial charge in [-0.25, -0.2) is 0 Å². The molecule has 0 fully saturated rings. The van der Waals surface area contributed by atoms with Crippen LogP contribution in [0.15, 0.2) is 29.0 Å². The van der Waals surface area contributed by atoms with E-state index in [1.54, 1.807) is 11.3 Å². The molecule has 0 spiro atoms. The Morgan fingerprint density at radius 1 is 1.38 bits per heavy atom. The van der Waals surface area contributed by atoms with Crippen molar-refractivity contribution in [2.24, 2.45) is 0 Å². The van der Waals surface area contributed by atoms with Gasteiger partial charge in [0, 0.05) is 10.1 Å². The molecule has 0 amide bonds. The van der Waals surface area contributed by atoms with E-state index in [9.17, 15) is 0 Å². The molecule has 1 aromatic heterocycles. The largest absolute Gasteiger partial charge is 0.397 e. The van der Waals surface area contributed by atoms with Crippen molar-refractivity contribution in [1.29, 1.82) is 0 Å². The van der Waals surface area contributed by atoms with Crippen molar-refractivity contribution in [2.75, 3.05) is 11.1 Å². The molecule has 4 heteroatoms. The smallest absolute Gasteiger partial charge is 0.0577 e.